The van der Waals surface area contributed by atoms with Gasteiger partial charge in [-0.15, -0.1) is 0 Å². The Morgan fingerprint density at radius 1 is 1.38 bits per heavy atom. The Kier molecular flexibility index (Phi) is 6.15. The van der Waals surface area contributed by atoms with Crippen molar-refractivity contribution >= 4 is 40.3 Å². The highest BCUT2D eigenvalue weighted by Gasteiger charge is 2.34. The molecule has 11 nitrogen and oxygen atoms in total. The van der Waals surface area contributed by atoms with Crippen LogP contribution in [0, 0.1) is 12.8 Å². The summed E-state index contributed by atoms with van der Waals surface area (Å²) in [6.45, 7) is 3.91. The van der Waals surface area contributed by atoms with Crippen LogP contribution in [0.3, 0.4) is 0 Å². The van der Waals surface area contributed by atoms with Crippen LogP contribution in [0.2, 0.25) is 0 Å². The van der Waals surface area contributed by atoms with E-state index in [0.717, 1.165) is 18.0 Å². The van der Waals surface area contributed by atoms with Gasteiger partial charge in [0, 0.05) is 51.1 Å². The highest BCUT2D eigenvalue weighted by molar-refractivity contribution is 7.08. The number of aryl methyl sites for hydroxylation is 1. The minimum absolute atomic E-state index is 0.00766. The zero-order valence-electron chi connectivity index (χ0n) is 17.6. The number of methoxy groups -OCH3 is 1. The summed E-state index contributed by atoms with van der Waals surface area (Å²) in [5.41, 5.74) is -0.0516. The van der Waals surface area contributed by atoms with Gasteiger partial charge in [-0.2, -0.15) is 4.37 Å². The van der Waals surface area contributed by atoms with Crippen molar-refractivity contribution in [1.29, 1.82) is 0 Å². The van der Waals surface area contributed by atoms with Gasteiger partial charge in [0.2, 0.25) is 16.5 Å². The summed E-state index contributed by atoms with van der Waals surface area (Å²) in [7, 11) is 1.62. The molecule has 32 heavy (non-hydrogen) atoms. The second kappa shape index (κ2) is 9.01. The van der Waals surface area contributed by atoms with Gasteiger partial charge >= 0.3 is 5.97 Å². The topological polar surface area (TPSA) is 140 Å². The molecular weight excluding hydrogens is 436 g/mol. The molecule has 0 radical (unpaired) electrons. The first-order valence-corrected chi connectivity index (χ1v) is 10.8. The second-order valence-corrected chi connectivity index (χ2v) is 8.26. The molecule has 1 fully saturated rings. The van der Waals surface area contributed by atoms with E-state index in [9.17, 15) is 19.5 Å². The maximum Gasteiger partial charge on any atom is 0.341 e. The number of aromatic carboxylic acids is 1. The molecule has 4 rings (SSSR count). The Hall–Kier alpha value is -3.38. The molecule has 0 bridgehead atoms. The molecule has 168 valence electrons. The number of rotatable bonds is 8. The molecule has 1 amide bonds. The fraction of sp³-hybridized carbons (Fsp3) is 0.400. The fourth-order valence-corrected chi connectivity index (χ4v) is 4.12. The summed E-state index contributed by atoms with van der Waals surface area (Å²) in [6.07, 6.45) is 3.34. The third-order valence-corrected chi connectivity index (χ3v) is 5.99. The molecule has 0 aromatic carbocycles. The predicted molar refractivity (Wildman–Crippen MR) is 118 cm³/mol. The van der Waals surface area contributed by atoms with Crippen molar-refractivity contribution in [2.24, 2.45) is 5.92 Å². The number of carbonyl (C=O) groups excluding carboxylic acids is 1. The van der Waals surface area contributed by atoms with Crippen LogP contribution in [0.15, 0.2) is 23.4 Å². The Labute approximate surface area is 186 Å². The molecule has 0 unspecified atom stereocenters. The van der Waals surface area contributed by atoms with E-state index in [1.165, 1.54) is 17.1 Å². The van der Waals surface area contributed by atoms with Gasteiger partial charge in [-0.3, -0.25) is 14.2 Å². The number of nitrogens with one attached hydrogen (secondary N) is 1. The Morgan fingerprint density at radius 2 is 2.16 bits per heavy atom. The van der Waals surface area contributed by atoms with E-state index in [1.807, 2.05) is 4.90 Å². The highest BCUT2D eigenvalue weighted by Crippen LogP contribution is 2.28. The molecule has 12 heteroatoms. The van der Waals surface area contributed by atoms with Crippen molar-refractivity contribution in [2.45, 2.75) is 13.3 Å². The van der Waals surface area contributed by atoms with Crippen molar-refractivity contribution in [2.75, 3.05) is 38.3 Å². The average Bonchev–Trinajstić information content (AvgIpc) is 3.24. The normalized spacial score (nSPS) is 13.9. The smallest absolute Gasteiger partial charge is 0.341 e. The Balaban J connectivity index is 1.64. The molecule has 0 atom stereocenters. The van der Waals surface area contributed by atoms with E-state index in [0.29, 0.717) is 48.4 Å². The van der Waals surface area contributed by atoms with Crippen LogP contribution >= 0.6 is 11.5 Å². The van der Waals surface area contributed by atoms with Crippen molar-refractivity contribution in [3.8, 4) is 5.13 Å². The van der Waals surface area contributed by atoms with E-state index < -0.39 is 11.4 Å². The molecule has 0 saturated carbocycles. The van der Waals surface area contributed by atoms with Gasteiger partial charge in [0.25, 0.3) is 0 Å². The maximum atomic E-state index is 12.8. The van der Waals surface area contributed by atoms with Crippen LogP contribution in [0.1, 0.15) is 22.3 Å². The zero-order chi connectivity index (χ0) is 22.8. The van der Waals surface area contributed by atoms with Crippen LogP contribution in [0.5, 0.6) is 0 Å². The number of ether oxygens (including phenoxy) is 1. The molecule has 1 saturated heterocycles. The lowest BCUT2D eigenvalue weighted by Gasteiger charge is -2.39. The van der Waals surface area contributed by atoms with Crippen LogP contribution in [0.25, 0.3) is 16.2 Å². The number of carboxylic acid groups (broad SMARTS) is 1. The van der Waals surface area contributed by atoms with Crippen molar-refractivity contribution in [1.82, 2.24) is 24.2 Å². The molecule has 4 heterocycles. The lowest BCUT2D eigenvalue weighted by Crippen LogP contribution is -2.54. The van der Waals surface area contributed by atoms with Crippen molar-refractivity contribution in [3.63, 3.8) is 0 Å². The van der Waals surface area contributed by atoms with E-state index in [1.54, 1.807) is 20.1 Å². The monoisotopic (exact) mass is 458 g/mol. The first-order chi connectivity index (χ1) is 15.4. The largest absolute Gasteiger partial charge is 0.477 e. The number of anilines is 1. The number of fused-ring (bicyclic) bond motifs is 1. The Bertz CT molecular complexity index is 1220. The first-order valence-electron chi connectivity index (χ1n) is 9.99. The number of amides is 1. The SMILES string of the molecule is COCCCNC(=O)C1CN(c2cc(C)c3c(=O)c(C(=O)O)cn(-c4ncns4)c3n2)C1. The van der Waals surface area contributed by atoms with Gasteiger partial charge in [-0.25, -0.2) is 14.8 Å². The van der Waals surface area contributed by atoms with Crippen molar-refractivity contribution < 1.29 is 19.4 Å². The lowest BCUT2D eigenvalue weighted by atomic mass is 9.98. The fourth-order valence-electron chi connectivity index (χ4n) is 3.61. The number of nitrogens with zero attached hydrogens (tertiary/aromatic N) is 5. The minimum Gasteiger partial charge on any atom is -0.477 e. The van der Waals surface area contributed by atoms with Gasteiger partial charge in [-0.1, -0.05) is 0 Å². The number of hydrogen-bond acceptors (Lipinski definition) is 9. The standard InChI is InChI=1S/C20H22N6O5S/c1-11-6-14(25-7-12(8-25)18(28)21-4-3-5-31-2)24-17-15(11)16(27)13(19(29)30)9-26(17)20-22-10-23-32-20/h6,9-10,12H,3-5,7-8H2,1-2H3,(H,21,28)(H,29,30). The minimum atomic E-state index is -1.32. The number of hydrogen-bond donors (Lipinski definition) is 2. The van der Waals surface area contributed by atoms with Crippen LogP contribution in [0.4, 0.5) is 5.82 Å². The quantitative estimate of drug-likeness (QED) is 0.470. The third-order valence-electron chi connectivity index (χ3n) is 5.33. The lowest BCUT2D eigenvalue weighted by molar-refractivity contribution is -0.125. The number of pyridine rings is 2. The van der Waals surface area contributed by atoms with Crippen molar-refractivity contribution in [3.05, 3.63) is 39.9 Å². The van der Waals surface area contributed by atoms with Gasteiger partial charge in [-0.05, 0) is 25.0 Å². The zero-order valence-corrected chi connectivity index (χ0v) is 18.4. The van der Waals surface area contributed by atoms with E-state index in [4.69, 9.17) is 4.74 Å². The van der Waals surface area contributed by atoms with Crippen LogP contribution in [-0.2, 0) is 9.53 Å². The summed E-state index contributed by atoms with van der Waals surface area (Å²) >= 11 is 1.06. The second-order valence-electron chi connectivity index (χ2n) is 7.51. The molecule has 3 aromatic rings. The summed E-state index contributed by atoms with van der Waals surface area (Å²) in [6, 6.07) is 1.74. The summed E-state index contributed by atoms with van der Waals surface area (Å²) in [4.78, 5) is 47.5. The van der Waals surface area contributed by atoms with Crippen LogP contribution in [-0.4, -0.2) is 69.2 Å². The first kappa shape index (κ1) is 21.8. The van der Waals surface area contributed by atoms with Gasteiger partial charge in [0.15, 0.2) is 5.65 Å². The van der Waals surface area contributed by atoms with E-state index in [2.05, 4.69) is 19.7 Å². The number of aromatic nitrogens is 4. The summed E-state index contributed by atoms with van der Waals surface area (Å²) < 4.78 is 10.4. The summed E-state index contributed by atoms with van der Waals surface area (Å²) in [5, 5.41) is 13.0. The molecule has 0 spiro atoms. The number of carbonyl (C=O) groups is 2. The third kappa shape index (κ3) is 4.06. The van der Waals surface area contributed by atoms with E-state index >= 15 is 0 Å². The molecule has 0 aliphatic carbocycles. The Morgan fingerprint density at radius 3 is 2.81 bits per heavy atom. The number of carboxylic acids is 1. The predicted octanol–water partition coefficient (Wildman–Crippen LogP) is 0.833. The van der Waals surface area contributed by atoms with Crippen LogP contribution < -0.4 is 15.6 Å². The molecule has 2 N–H and O–H groups in total. The van der Waals surface area contributed by atoms with Gasteiger partial charge in [0.1, 0.15) is 17.7 Å². The molecule has 3 aromatic heterocycles. The molecule has 1 aliphatic heterocycles. The van der Waals surface area contributed by atoms with Gasteiger partial charge < -0.3 is 20.1 Å². The summed E-state index contributed by atoms with van der Waals surface area (Å²) in [5.74, 6) is -0.860. The van der Waals surface area contributed by atoms with Gasteiger partial charge in [0.05, 0.1) is 11.3 Å². The molecular formula is C20H22N6O5S. The maximum absolute atomic E-state index is 12.8. The average molecular weight is 459 g/mol. The molecule has 1 aliphatic rings. The highest BCUT2D eigenvalue weighted by atomic mass is 32.1. The van der Waals surface area contributed by atoms with E-state index in [-0.39, 0.29) is 22.8 Å².